The summed E-state index contributed by atoms with van der Waals surface area (Å²) in [6.45, 7) is 3.34. The highest BCUT2D eigenvalue weighted by atomic mass is 16.5. The fourth-order valence-corrected chi connectivity index (χ4v) is 2.51. The van der Waals surface area contributed by atoms with E-state index in [1.165, 1.54) is 0 Å². The molecule has 1 aromatic heterocycles. The fraction of sp³-hybridized carbons (Fsp3) is 0.375. The molecule has 0 bridgehead atoms. The van der Waals surface area contributed by atoms with Gasteiger partial charge in [-0.25, -0.2) is 0 Å². The van der Waals surface area contributed by atoms with Gasteiger partial charge in [0.15, 0.2) is 5.82 Å². The molecule has 0 unspecified atom stereocenters. The molecule has 1 saturated heterocycles. The molecule has 7 nitrogen and oxygen atoms in total. The van der Waals surface area contributed by atoms with Crippen LogP contribution in [0.4, 0.5) is 0 Å². The van der Waals surface area contributed by atoms with Crippen molar-refractivity contribution in [1.29, 1.82) is 0 Å². The highest BCUT2D eigenvalue weighted by molar-refractivity contribution is 5.96. The van der Waals surface area contributed by atoms with E-state index in [0.717, 1.165) is 31.5 Å². The number of likely N-dealkylation sites (tertiary alicyclic amines) is 1. The normalized spacial score (nSPS) is 14.0. The molecule has 0 radical (unpaired) electrons. The second-order valence-corrected chi connectivity index (χ2v) is 5.49. The Hall–Kier alpha value is -2.70. The number of benzene rings is 1. The molecular formula is C16H18N4O3. The molecule has 1 aromatic carbocycles. The van der Waals surface area contributed by atoms with Gasteiger partial charge in [0.2, 0.25) is 5.91 Å². The van der Waals surface area contributed by atoms with E-state index in [4.69, 9.17) is 4.52 Å². The molecule has 120 valence electrons. The van der Waals surface area contributed by atoms with Gasteiger partial charge < -0.3 is 14.7 Å². The van der Waals surface area contributed by atoms with Gasteiger partial charge >= 0.3 is 0 Å². The molecule has 1 aliphatic rings. The molecule has 1 N–H and O–H groups in total. The third kappa shape index (κ3) is 3.56. The van der Waals surface area contributed by atoms with E-state index < -0.39 is 0 Å². The minimum absolute atomic E-state index is 0.0312. The fourth-order valence-electron chi connectivity index (χ4n) is 2.51. The Labute approximate surface area is 133 Å². The zero-order chi connectivity index (χ0) is 16.2. The summed E-state index contributed by atoms with van der Waals surface area (Å²) >= 11 is 0. The summed E-state index contributed by atoms with van der Waals surface area (Å²) in [6, 6.07) is 6.82. The van der Waals surface area contributed by atoms with Crippen molar-refractivity contribution in [2.24, 2.45) is 0 Å². The number of hydrogen-bond acceptors (Lipinski definition) is 5. The van der Waals surface area contributed by atoms with Gasteiger partial charge in [-0.05, 0) is 44.0 Å². The maximum Gasteiger partial charge on any atom is 0.257 e. The number of amides is 2. The Bertz CT molecular complexity index is 702. The van der Waals surface area contributed by atoms with E-state index in [0.29, 0.717) is 17.3 Å². The van der Waals surface area contributed by atoms with Crippen molar-refractivity contribution < 1.29 is 14.1 Å². The molecule has 0 atom stereocenters. The van der Waals surface area contributed by atoms with Gasteiger partial charge in [0.05, 0.1) is 6.54 Å². The standard InChI is InChI=1S/C16H18N4O3/c1-11-18-16(23-19-11)13-6-4-12(5-7-13)15(22)17-10-14(21)20-8-2-3-9-20/h4-7H,2-3,8-10H2,1H3,(H,17,22). The van der Waals surface area contributed by atoms with Crippen LogP contribution in [-0.2, 0) is 4.79 Å². The lowest BCUT2D eigenvalue weighted by Crippen LogP contribution is -2.38. The molecule has 3 rings (SSSR count). The SMILES string of the molecule is Cc1noc(-c2ccc(C(=O)NCC(=O)N3CCCC3)cc2)n1. The van der Waals surface area contributed by atoms with Crippen molar-refractivity contribution in [2.45, 2.75) is 19.8 Å². The van der Waals surface area contributed by atoms with Gasteiger partial charge in [-0.2, -0.15) is 4.98 Å². The molecule has 0 spiro atoms. The van der Waals surface area contributed by atoms with Gasteiger partial charge in [-0.3, -0.25) is 9.59 Å². The number of aromatic nitrogens is 2. The number of rotatable bonds is 4. The minimum Gasteiger partial charge on any atom is -0.343 e. The Morgan fingerprint density at radius 1 is 1.22 bits per heavy atom. The molecule has 2 aromatic rings. The van der Waals surface area contributed by atoms with Crippen molar-refractivity contribution in [1.82, 2.24) is 20.4 Å². The molecular weight excluding hydrogens is 296 g/mol. The summed E-state index contributed by atoms with van der Waals surface area (Å²) in [5.41, 5.74) is 1.23. The van der Waals surface area contributed by atoms with Crippen molar-refractivity contribution >= 4 is 11.8 Å². The maximum atomic E-state index is 12.1. The van der Waals surface area contributed by atoms with Crippen LogP contribution in [0.1, 0.15) is 29.0 Å². The number of nitrogens with one attached hydrogen (secondary N) is 1. The van der Waals surface area contributed by atoms with Crippen molar-refractivity contribution in [3.63, 3.8) is 0 Å². The quantitative estimate of drug-likeness (QED) is 0.921. The smallest absolute Gasteiger partial charge is 0.257 e. The summed E-state index contributed by atoms with van der Waals surface area (Å²) in [4.78, 5) is 29.9. The molecule has 0 aliphatic carbocycles. The summed E-state index contributed by atoms with van der Waals surface area (Å²) in [5.74, 6) is 0.667. The number of aryl methyl sites for hydroxylation is 1. The highest BCUT2D eigenvalue weighted by Crippen LogP contribution is 2.17. The predicted octanol–water partition coefficient (Wildman–Crippen LogP) is 1.40. The largest absolute Gasteiger partial charge is 0.343 e. The van der Waals surface area contributed by atoms with E-state index in [9.17, 15) is 9.59 Å². The Kier molecular flexibility index (Phi) is 4.36. The van der Waals surface area contributed by atoms with Crippen LogP contribution in [0.2, 0.25) is 0 Å². The average molecular weight is 314 g/mol. The van der Waals surface area contributed by atoms with Crippen LogP contribution in [-0.4, -0.2) is 46.5 Å². The average Bonchev–Trinajstić information content (AvgIpc) is 3.24. The third-order valence-electron chi connectivity index (χ3n) is 3.78. The van der Waals surface area contributed by atoms with Gasteiger partial charge in [-0.1, -0.05) is 5.16 Å². The number of hydrogen-bond donors (Lipinski definition) is 1. The van der Waals surface area contributed by atoms with Gasteiger partial charge in [0, 0.05) is 24.2 Å². The first-order chi connectivity index (χ1) is 11.1. The van der Waals surface area contributed by atoms with Crippen LogP contribution in [0.15, 0.2) is 28.8 Å². The molecule has 1 fully saturated rings. The van der Waals surface area contributed by atoms with Crippen LogP contribution >= 0.6 is 0 Å². The monoisotopic (exact) mass is 314 g/mol. The first-order valence-corrected chi connectivity index (χ1v) is 7.60. The summed E-state index contributed by atoms with van der Waals surface area (Å²) in [5, 5.41) is 6.39. The topological polar surface area (TPSA) is 88.3 Å². The van der Waals surface area contributed by atoms with Crippen LogP contribution in [0, 0.1) is 6.92 Å². The lowest BCUT2D eigenvalue weighted by atomic mass is 10.1. The van der Waals surface area contributed by atoms with Crippen LogP contribution < -0.4 is 5.32 Å². The molecule has 23 heavy (non-hydrogen) atoms. The Balaban J connectivity index is 1.58. The molecule has 7 heteroatoms. The second-order valence-electron chi connectivity index (χ2n) is 5.49. The van der Waals surface area contributed by atoms with Crippen LogP contribution in [0.3, 0.4) is 0 Å². The number of carbonyl (C=O) groups is 2. The first-order valence-electron chi connectivity index (χ1n) is 7.60. The highest BCUT2D eigenvalue weighted by Gasteiger charge is 2.18. The Morgan fingerprint density at radius 3 is 2.52 bits per heavy atom. The van der Waals surface area contributed by atoms with Crippen molar-refractivity contribution in [3.05, 3.63) is 35.7 Å². The number of nitrogens with zero attached hydrogens (tertiary/aromatic N) is 3. The minimum atomic E-state index is -0.272. The van der Waals surface area contributed by atoms with Crippen LogP contribution in [0.25, 0.3) is 11.5 Å². The van der Waals surface area contributed by atoms with E-state index in [2.05, 4.69) is 15.5 Å². The zero-order valence-electron chi connectivity index (χ0n) is 12.9. The summed E-state index contributed by atoms with van der Waals surface area (Å²) < 4.78 is 5.07. The van der Waals surface area contributed by atoms with E-state index in [-0.39, 0.29) is 18.4 Å². The molecule has 0 saturated carbocycles. The van der Waals surface area contributed by atoms with Crippen molar-refractivity contribution in [3.8, 4) is 11.5 Å². The molecule has 1 aliphatic heterocycles. The van der Waals surface area contributed by atoms with Gasteiger partial charge in [-0.15, -0.1) is 0 Å². The lowest BCUT2D eigenvalue weighted by molar-refractivity contribution is -0.129. The van der Waals surface area contributed by atoms with Gasteiger partial charge in [0.25, 0.3) is 11.8 Å². The molecule has 2 heterocycles. The Morgan fingerprint density at radius 2 is 1.91 bits per heavy atom. The summed E-state index contributed by atoms with van der Waals surface area (Å²) in [7, 11) is 0. The lowest BCUT2D eigenvalue weighted by Gasteiger charge is -2.15. The molecule has 2 amide bonds. The maximum absolute atomic E-state index is 12.1. The van der Waals surface area contributed by atoms with Gasteiger partial charge in [0.1, 0.15) is 0 Å². The van der Waals surface area contributed by atoms with E-state index >= 15 is 0 Å². The van der Waals surface area contributed by atoms with Crippen LogP contribution in [0.5, 0.6) is 0 Å². The third-order valence-corrected chi connectivity index (χ3v) is 3.78. The van der Waals surface area contributed by atoms with E-state index in [1.807, 2.05) is 0 Å². The first kappa shape index (κ1) is 15.2. The van der Waals surface area contributed by atoms with E-state index in [1.54, 1.807) is 36.1 Å². The second kappa shape index (κ2) is 6.60. The summed E-state index contributed by atoms with van der Waals surface area (Å²) in [6.07, 6.45) is 2.08. The predicted molar refractivity (Wildman–Crippen MR) is 82.6 cm³/mol. The number of carbonyl (C=O) groups excluding carboxylic acids is 2. The zero-order valence-corrected chi connectivity index (χ0v) is 12.9. The van der Waals surface area contributed by atoms with Crippen molar-refractivity contribution in [2.75, 3.05) is 19.6 Å².